The van der Waals surface area contributed by atoms with Gasteiger partial charge in [0.15, 0.2) is 17.2 Å². The van der Waals surface area contributed by atoms with Crippen LogP contribution in [0.5, 0.6) is 0 Å². The maximum absolute atomic E-state index is 17.3. The molecule has 10 heteroatoms. The predicted octanol–water partition coefficient (Wildman–Crippen LogP) is 3.06. The Morgan fingerprint density at radius 2 is 2.06 bits per heavy atom. The average molecular weight is 523 g/mol. The molecule has 3 N–H and O–H groups in total. The molecule has 1 aromatic heterocycles. The van der Waals surface area contributed by atoms with Gasteiger partial charge < -0.3 is 15.4 Å². The summed E-state index contributed by atoms with van der Waals surface area (Å²) in [4.78, 5) is 29.2. The fourth-order valence-corrected chi connectivity index (χ4v) is 8.74. The Labute approximate surface area is 212 Å². The number of hydroxylamine groups is 2. The molecular formula is C26H32F2N2O5S. The Bertz CT molecular complexity index is 1110. The van der Waals surface area contributed by atoms with Crippen LogP contribution in [0, 0.1) is 34.5 Å². The molecule has 1 aromatic rings. The van der Waals surface area contributed by atoms with E-state index >= 15 is 8.78 Å². The number of nitrogens with zero attached hydrogens (tertiary/aromatic N) is 2. The SMILES string of the molecule is C[C@]12C[C@H](O)[C@@]3(F)[C@@H](C[C@H](F)C4=CC(=O)C=C[C@@]43C)C1C[C@@H](CN(O)Cc1nccs1)[C@@H]2C(=O)CO. The highest BCUT2D eigenvalue weighted by Gasteiger charge is 2.73. The third-order valence-electron chi connectivity index (χ3n) is 9.55. The van der Waals surface area contributed by atoms with Gasteiger partial charge in [0.25, 0.3) is 0 Å². The second-order valence-corrected chi connectivity index (χ2v) is 12.3. The van der Waals surface area contributed by atoms with Crippen molar-refractivity contribution in [3.8, 4) is 0 Å². The molecule has 0 aliphatic heterocycles. The van der Waals surface area contributed by atoms with E-state index < -0.39 is 70.6 Å². The Morgan fingerprint density at radius 3 is 2.72 bits per heavy atom. The first-order valence-corrected chi connectivity index (χ1v) is 13.3. The van der Waals surface area contributed by atoms with Crippen molar-refractivity contribution in [1.29, 1.82) is 0 Å². The smallest absolute Gasteiger partial charge is 0.178 e. The zero-order valence-corrected chi connectivity index (χ0v) is 21.1. The number of hydrogen-bond acceptors (Lipinski definition) is 8. The standard InChI is InChI=1S/C26H32F2N2O5S/c1-24-10-21(34)26(28)17(9-19(27)18-8-15(32)3-4-25(18,26)2)16(24)7-14(23(24)20(33)13-31)11-30(35)12-22-29-5-6-36-22/h3-6,8,14,16-17,19,21,23,31,34-35H,7,9-13H2,1-2H3/t14-,16?,17-,19-,21-,23+,24-,25-,26-/m0/s1. The number of aliphatic hydroxyl groups excluding tert-OH is 2. The van der Waals surface area contributed by atoms with E-state index in [4.69, 9.17) is 0 Å². The number of Topliss-reactive ketones (excluding diaryl/α,β-unsaturated/α-hetero) is 1. The fourth-order valence-electron chi connectivity index (χ4n) is 8.12. The topological polar surface area (TPSA) is 111 Å². The number of thiazole rings is 1. The third-order valence-corrected chi connectivity index (χ3v) is 10.3. The summed E-state index contributed by atoms with van der Waals surface area (Å²) in [6, 6.07) is 0. The molecule has 3 saturated carbocycles. The lowest BCUT2D eigenvalue weighted by molar-refractivity contribution is -0.202. The number of halogens is 2. The first kappa shape index (κ1) is 25.8. The molecule has 36 heavy (non-hydrogen) atoms. The molecule has 7 nitrogen and oxygen atoms in total. The maximum atomic E-state index is 17.3. The van der Waals surface area contributed by atoms with Crippen molar-refractivity contribution in [2.75, 3.05) is 13.2 Å². The van der Waals surface area contributed by atoms with Crippen LogP contribution < -0.4 is 0 Å². The third kappa shape index (κ3) is 3.60. The van der Waals surface area contributed by atoms with E-state index in [2.05, 4.69) is 4.98 Å². The van der Waals surface area contributed by atoms with Gasteiger partial charge in [-0.25, -0.2) is 13.8 Å². The molecule has 9 atom stereocenters. The lowest BCUT2D eigenvalue weighted by Crippen LogP contribution is -2.68. The summed E-state index contributed by atoms with van der Waals surface area (Å²) >= 11 is 1.39. The molecule has 196 valence electrons. The normalized spacial score (nSPS) is 43.7. The molecule has 0 bridgehead atoms. The highest BCUT2D eigenvalue weighted by molar-refractivity contribution is 7.09. The van der Waals surface area contributed by atoms with Gasteiger partial charge in [0.05, 0.1) is 12.6 Å². The van der Waals surface area contributed by atoms with Crippen molar-refractivity contribution in [2.24, 2.45) is 34.5 Å². The van der Waals surface area contributed by atoms with Gasteiger partial charge in [-0.1, -0.05) is 13.0 Å². The zero-order valence-electron chi connectivity index (χ0n) is 20.3. The summed E-state index contributed by atoms with van der Waals surface area (Å²) in [7, 11) is 0. The molecule has 0 saturated heterocycles. The van der Waals surface area contributed by atoms with E-state index in [0.29, 0.717) is 11.4 Å². The first-order chi connectivity index (χ1) is 17.0. The van der Waals surface area contributed by atoms with E-state index in [1.165, 1.54) is 23.5 Å². The number of rotatable bonds is 6. The minimum atomic E-state index is -2.23. The number of allylic oxidation sites excluding steroid dienone is 4. The van der Waals surface area contributed by atoms with Crippen molar-refractivity contribution in [3.05, 3.63) is 40.4 Å². The number of carbonyl (C=O) groups is 2. The Hall–Kier alpha value is -1.85. The van der Waals surface area contributed by atoms with Crippen molar-refractivity contribution < 1.29 is 33.8 Å². The molecule has 0 aromatic carbocycles. The van der Waals surface area contributed by atoms with Gasteiger partial charge in [-0.2, -0.15) is 5.06 Å². The molecule has 4 aliphatic rings. The lowest BCUT2D eigenvalue weighted by atomic mass is 9.45. The van der Waals surface area contributed by atoms with Gasteiger partial charge in [-0.3, -0.25) is 9.59 Å². The first-order valence-electron chi connectivity index (χ1n) is 12.4. The van der Waals surface area contributed by atoms with E-state index in [9.17, 15) is 25.0 Å². The number of hydrogen-bond donors (Lipinski definition) is 3. The van der Waals surface area contributed by atoms with E-state index in [0.717, 1.165) is 11.1 Å². The second kappa shape index (κ2) is 8.87. The van der Waals surface area contributed by atoms with Crippen LogP contribution in [-0.2, 0) is 16.1 Å². The molecule has 0 spiro atoms. The summed E-state index contributed by atoms with van der Waals surface area (Å²) in [5.74, 6) is -3.36. The molecule has 1 unspecified atom stereocenters. The summed E-state index contributed by atoms with van der Waals surface area (Å²) in [5.41, 5.74) is -4.56. The van der Waals surface area contributed by atoms with Gasteiger partial charge in [0.1, 0.15) is 17.8 Å². The van der Waals surface area contributed by atoms with Gasteiger partial charge in [0, 0.05) is 35.4 Å². The summed E-state index contributed by atoms with van der Waals surface area (Å²) in [6.07, 6.45) is 2.44. The van der Waals surface area contributed by atoms with Crippen molar-refractivity contribution in [2.45, 2.75) is 57.6 Å². The van der Waals surface area contributed by atoms with Crippen molar-refractivity contribution in [1.82, 2.24) is 10.0 Å². The number of ketones is 2. The quantitative estimate of drug-likeness (QED) is 0.493. The van der Waals surface area contributed by atoms with E-state index in [1.807, 2.05) is 6.92 Å². The van der Waals surface area contributed by atoms with Crippen LogP contribution in [-0.4, -0.2) is 68.1 Å². The molecule has 1 heterocycles. The van der Waals surface area contributed by atoms with Crippen LogP contribution in [0.3, 0.4) is 0 Å². The van der Waals surface area contributed by atoms with Crippen LogP contribution in [0.2, 0.25) is 0 Å². The zero-order chi connectivity index (χ0) is 26.0. The van der Waals surface area contributed by atoms with Crippen LogP contribution >= 0.6 is 11.3 Å². The number of alkyl halides is 2. The van der Waals surface area contributed by atoms with Crippen LogP contribution in [0.4, 0.5) is 8.78 Å². The molecular weight excluding hydrogens is 490 g/mol. The number of carbonyl (C=O) groups excluding carboxylic acids is 2. The van der Waals surface area contributed by atoms with Gasteiger partial charge in [0.2, 0.25) is 0 Å². The van der Waals surface area contributed by atoms with E-state index in [-0.39, 0.29) is 31.5 Å². The molecule has 0 amide bonds. The largest absolute Gasteiger partial charge is 0.390 e. The number of aliphatic hydroxyl groups is 2. The lowest BCUT2D eigenvalue weighted by Gasteiger charge is -2.62. The second-order valence-electron chi connectivity index (χ2n) is 11.3. The Morgan fingerprint density at radius 1 is 1.31 bits per heavy atom. The van der Waals surface area contributed by atoms with E-state index in [1.54, 1.807) is 18.5 Å². The molecule has 5 rings (SSSR count). The fraction of sp³-hybridized carbons (Fsp3) is 0.654. The van der Waals surface area contributed by atoms with Gasteiger partial charge in [-0.05, 0) is 61.2 Å². The maximum Gasteiger partial charge on any atom is 0.178 e. The van der Waals surface area contributed by atoms with Crippen molar-refractivity contribution in [3.63, 3.8) is 0 Å². The number of fused-ring (bicyclic) bond motifs is 5. The molecule has 0 radical (unpaired) electrons. The highest BCUT2D eigenvalue weighted by Crippen LogP contribution is 2.70. The summed E-state index contributed by atoms with van der Waals surface area (Å²) in [5, 5.41) is 35.4. The Balaban J connectivity index is 1.51. The monoisotopic (exact) mass is 522 g/mol. The molecule has 4 aliphatic carbocycles. The summed E-state index contributed by atoms with van der Waals surface area (Å²) < 4.78 is 32.8. The van der Waals surface area contributed by atoms with Crippen LogP contribution in [0.15, 0.2) is 35.4 Å². The van der Waals surface area contributed by atoms with Gasteiger partial charge in [-0.15, -0.1) is 11.3 Å². The minimum absolute atomic E-state index is 0.0446. The minimum Gasteiger partial charge on any atom is -0.390 e. The van der Waals surface area contributed by atoms with Crippen LogP contribution in [0.25, 0.3) is 0 Å². The Kier molecular flexibility index (Phi) is 6.35. The average Bonchev–Trinajstić information content (AvgIpc) is 3.42. The van der Waals surface area contributed by atoms with Crippen molar-refractivity contribution >= 4 is 22.9 Å². The summed E-state index contributed by atoms with van der Waals surface area (Å²) in [6.45, 7) is 2.91. The van der Waals surface area contributed by atoms with Crippen LogP contribution in [0.1, 0.15) is 38.1 Å². The van der Waals surface area contributed by atoms with Gasteiger partial charge >= 0.3 is 0 Å². The number of aromatic nitrogens is 1. The molecule has 3 fully saturated rings. The predicted molar refractivity (Wildman–Crippen MR) is 127 cm³/mol. The highest BCUT2D eigenvalue weighted by atomic mass is 32.1.